The van der Waals surface area contributed by atoms with Gasteiger partial charge in [0.25, 0.3) is 5.91 Å². The minimum atomic E-state index is -0.0412. The monoisotopic (exact) mass is 220 g/mol. The fraction of sp³-hybridized carbons (Fsp3) is 0.417. The van der Waals surface area contributed by atoms with Crippen LogP contribution in [0.3, 0.4) is 0 Å². The van der Waals surface area contributed by atoms with Gasteiger partial charge in [-0.15, -0.1) is 0 Å². The molecule has 0 bridgehead atoms. The number of carbonyl (C=O) groups is 1. The van der Waals surface area contributed by atoms with Crippen molar-refractivity contribution < 1.29 is 9.53 Å². The van der Waals surface area contributed by atoms with Gasteiger partial charge in [0.15, 0.2) is 12.4 Å². The van der Waals surface area contributed by atoms with Crippen LogP contribution >= 0.6 is 0 Å². The van der Waals surface area contributed by atoms with Crippen molar-refractivity contribution in [3.05, 3.63) is 17.7 Å². The number of nitrogens with two attached hydrogens (primary N) is 1. The molecule has 2 N–H and O–H groups in total. The van der Waals surface area contributed by atoms with Crippen LogP contribution in [0, 0.1) is 0 Å². The zero-order valence-electron chi connectivity index (χ0n) is 9.62. The Morgan fingerprint density at radius 1 is 1.50 bits per heavy atom. The van der Waals surface area contributed by atoms with Crippen molar-refractivity contribution in [2.75, 3.05) is 24.3 Å². The first-order valence-corrected chi connectivity index (χ1v) is 5.45. The first kappa shape index (κ1) is 10.8. The SMILES string of the molecule is CCCc1cc(N)c2c(c1)N(C)C(=O)CO2. The van der Waals surface area contributed by atoms with Gasteiger partial charge in [-0.25, -0.2) is 0 Å². The molecule has 16 heavy (non-hydrogen) atoms. The van der Waals surface area contributed by atoms with Crippen molar-refractivity contribution in [3.8, 4) is 5.75 Å². The van der Waals surface area contributed by atoms with Gasteiger partial charge in [-0.05, 0) is 24.1 Å². The topological polar surface area (TPSA) is 55.6 Å². The van der Waals surface area contributed by atoms with E-state index in [2.05, 4.69) is 6.92 Å². The molecule has 0 aromatic heterocycles. The quantitative estimate of drug-likeness (QED) is 0.770. The minimum absolute atomic E-state index is 0.0412. The van der Waals surface area contributed by atoms with Crippen LogP contribution in [-0.2, 0) is 11.2 Å². The number of rotatable bonds is 2. The largest absolute Gasteiger partial charge is 0.479 e. The minimum Gasteiger partial charge on any atom is -0.479 e. The number of anilines is 2. The lowest BCUT2D eigenvalue weighted by atomic mass is 10.1. The van der Waals surface area contributed by atoms with Gasteiger partial charge in [-0.1, -0.05) is 13.3 Å². The van der Waals surface area contributed by atoms with Gasteiger partial charge < -0.3 is 15.4 Å². The number of aryl methyl sites for hydroxylation is 1. The van der Waals surface area contributed by atoms with Crippen LogP contribution < -0.4 is 15.4 Å². The van der Waals surface area contributed by atoms with E-state index in [9.17, 15) is 4.79 Å². The van der Waals surface area contributed by atoms with Crippen molar-refractivity contribution in [3.63, 3.8) is 0 Å². The number of hydrogen-bond acceptors (Lipinski definition) is 3. The first-order chi connectivity index (χ1) is 7.63. The second kappa shape index (κ2) is 4.04. The Morgan fingerprint density at radius 3 is 2.94 bits per heavy atom. The molecule has 0 atom stereocenters. The van der Waals surface area contributed by atoms with Crippen molar-refractivity contribution in [1.82, 2.24) is 0 Å². The second-order valence-electron chi connectivity index (χ2n) is 4.02. The number of nitrogen functional groups attached to an aromatic ring is 1. The fourth-order valence-electron chi connectivity index (χ4n) is 1.90. The molecule has 0 spiro atoms. The molecule has 1 aliphatic rings. The van der Waals surface area contributed by atoms with E-state index in [-0.39, 0.29) is 12.5 Å². The van der Waals surface area contributed by atoms with Gasteiger partial charge in [0.1, 0.15) is 0 Å². The summed E-state index contributed by atoms with van der Waals surface area (Å²) in [4.78, 5) is 13.1. The lowest BCUT2D eigenvalue weighted by Crippen LogP contribution is -2.35. The van der Waals surface area contributed by atoms with E-state index in [4.69, 9.17) is 10.5 Å². The third-order valence-corrected chi connectivity index (χ3v) is 2.77. The van der Waals surface area contributed by atoms with E-state index in [1.807, 2.05) is 12.1 Å². The molecule has 0 radical (unpaired) electrons. The van der Waals surface area contributed by atoms with Crippen molar-refractivity contribution in [2.45, 2.75) is 19.8 Å². The summed E-state index contributed by atoms with van der Waals surface area (Å²) in [6, 6.07) is 3.90. The molecule has 0 unspecified atom stereocenters. The molecule has 0 fully saturated rings. The molecule has 0 saturated heterocycles. The predicted molar refractivity (Wildman–Crippen MR) is 63.8 cm³/mol. The van der Waals surface area contributed by atoms with Gasteiger partial charge in [0.05, 0.1) is 11.4 Å². The van der Waals surface area contributed by atoms with E-state index >= 15 is 0 Å². The maximum absolute atomic E-state index is 11.5. The van der Waals surface area contributed by atoms with E-state index in [0.717, 1.165) is 24.1 Å². The molecule has 1 aromatic carbocycles. The number of benzene rings is 1. The van der Waals surface area contributed by atoms with Crippen LogP contribution in [-0.4, -0.2) is 19.6 Å². The highest BCUT2D eigenvalue weighted by Gasteiger charge is 2.24. The molecular weight excluding hydrogens is 204 g/mol. The molecule has 86 valence electrons. The number of carbonyl (C=O) groups excluding carboxylic acids is 1. The highest BCUT2D eigenvalue weighted by atomic mass is 16.5. The molecule has 0 saturated carbocycles. The number of fused-ring (bicyclic) bond motifs is 1. The average Bonchev–Trinajstić information content (AvgIpc) is 2.25. The van der Waals surface area contributed by atoms with Gasteiger partial charge in [-0.2, -0.15) is 0 Å². The van der Waals surface area contributed by atoms with E-state index in [1.54, 1.807) is 11.9 Å². The summed E-state index contributed by atoms with van der Waals surface area (Å²) in [6.45, 7) is 2.18. The van der Waals surface area contributed by atoms with Crippen LogP contribution in [0.25, 0.3) is 0 Å². The Morgan fingerprint density at radius 2 is 2.25 bits per heavy atom. The lowest BCUT2D eigenvalue weighted by molar-refractivity contribution is -0.120. The summed E-state index contributed by atoms with van der Waals surface area (Å²) in [5.41, 5.74) is 8.45. The third-order valence-electron chi connectivity index (χ3n) is 2.77. The van der Waals surface area contributed by atoms with E-state index < -0.39 is 0 Å². The summed E-state index contributed by atoms with van der Waals surface area (Å²) in [5.74, 6) is 0.586. The molecular formula is C12H16N2O2. The Bertz CT molecular complexity index is 429. The Hall–Kier alpha value is -1.71. The van der Waals surface area contributed by atoms with Crippen LogP contribution in [0.4, 0.5) is 11.4 Å². The van der Waals surface area contributed by atoms with Crippen molar-refractivity contribution >= 4 is 17.3 Å². The summed E-state index contributed by atoms with van der Waals surface area (Å²) in [7, 11) is 1.75. The molecule has 1 amide bonds. The zero-order valence-corrected chi connectivity index (χ0v) is 9.62. The third kappa shape index (κ3) is 1.71. The summed E-state index contributed by atoms with van der Waals surface area (Å²) >= 11 is 0. The van der Waals surface area contributed by atoms with E-state index in [0.29, 0.717) is 11.4 Å². The highest BCUT2D eigenvalue weighted by Crippen LogP contribution is 2.37. The van der Waals surface area contributed by atoms with Gasteiger partial charge in [0.2, 0.25) is 0 Å². The smallest absolute Gasteiger partial charge is 0.264 e. The molecule has 0 aliphatic carbocycles. The Labute approximate surface area is 95.0 Å². The van der Waals surface area contributed by atoms with Crippen molar-refractivity contribution in [2.24, 2.45) is 0 Å². The molecule has 4 heteroatoms. The van der Waals surface area contributed by atoms with Crippen LogP contribution in [0.15, 0.2) is 12.1 Å². The van der Waals surface area contributed by atoms with Crippen LogP contribution in [0.1, 0.15) is 18.9 Å². The lowest BCUT2D eigenvalue weighted by Gasteiger charge is -2.27. The average molecular weight is 220 g/mol. The predicted octanol–water partition coefficient (Wildman–Crippen LogP) is 1.58. The maximum Gasteiger partial charge on any atom is 0.264 e. The summed E-state index contributed by atoms with van der Waals surface area (Å²) in [5, 5.41) is 0. The first-order valence-electron chi connectivity index (χ1n) is 5.45. The number of ether oxygens (including phenoxy) is 1. The van der Waals surface area contributed by atoms with Gasteiger partial charge in [-0.3, -0.25) is 4.79 Å². The molecule has 2 rings (SSSR count). The number of hydrogen-bond donors (Lipinski definition) is 1. The summed E-state index contributed by atoms with van der Waals surface area (Å²) in [6.07, 6.45) is 2.01. The Kier molecular flexibility index (Phi) is 2.73. The standard InChI is InChI=1S/C12H16N2O2/c1-3-4-8-5-9(13)12-10(6-8)14(2)11(15)7-16-12/h5-6H,3-4,7,13H2,1-2H3. The number of amides is 1. The molecule has 1 heterocycles. The Balaban J connectivity index is 2.47. The zero-order chi connectivity index (χ0) is 11.7. The number of nitrogens with zero attached hydrogens (tertiary/aromatic N) is 1. The molecule has 1 aromatic rings. The van der Waals surface area contributed by atoms with Crippen molar-refractivity contribution in [1.29, 1.82) is 0 Å². The normalized spacial score (nSPS) is 14.6. The highest BCUT2D eigenvalue weighted by molar-refractivity contribution is 5.98. The van der Waals surface area contributed by atoms with Gasteiger partial charge >= 0.3 is 0 Å². The molecule has 1 aliphatic heterocycles. The number of likely N-dealkylation sites (N-methyl/N-ethyl adjacent to an activating group) is 1. The molecule has 4 nitrogen and oxygen atoms in total. The van der Waals surface area contributed by atoms with E-state index in [1.165, 1.54) is 0 Å². The van der Waals surface area contributed by atoms with Gasteiger partial charge in [0, 0.05) is 7.05 Å². The van der Waals surface area contributed by atoms with Crippen LogP contribution in [0.5, 0.6) is 5.75 Å². The fourth-order valence-corrected chi connectivity index (χ4v) is 1.90. The maximum atomic E-state index is 11.5. The second-order valence-corrected chi connectivity index (χ2v) is 4.02. The van der Waals surface area contributed by atoms with Crippen LogP contribution in [0.2, 0.25) is 0 Å². The summed E-state index contributed by atoms with van der Waals surface area (Å²) < 4.78 is 5.35.